The number of carbonyl (C=O) groups is 2. The minimum Gasteiger partial charge on any atom is -0.481 e. The summed E-state index contributed by atoms with van der Waals surface area (Å²) in [5.41, 5.74) is 1.70. The molecule has 3 heterocycles. The summed E-state index contributed by atoms with van der Waals surface area (Å²) in [5.74, 6) is -1.40. The zero-order chi connectivity index (χ0) is 27.2. The third-order valence-electron chi connectivity index (χ3n) is 6.99. The minimum absolute atomic E-state index is 0.00242. The summed E-state index contributed by atoms with van der Waals surface area (Å²) in [6.45, 7) is 6.12. The van der Waals surface area contributed by atoms with E-state index in [1.807, 2.05) is 6.92 Å². The summed E-state index contributed by atoms with van der Waals surface area (Å²) in [5, 5.41) is 3.45. The molecule has 2 amide bonds. The van der Waals surface area contributed by atoms with Gasteiger partial charge < -0.3 is 15.0 Å². The van der Waals surface area contributed by atoms with E-state index in [0.29, 0.717) is 34.1 Å². The molecule has 1 fully saturated rings. The van der Waals surface area contributed by atoms with Crippen LogP contribution in [0.1, 0.15) is 65.8 Å². The Hall–Kier alpha value is -3.54. The molecule has 38 heavy (non-hydrogen) atoms. The number of anilines is 1. The molecular formula is C26H26F3N5O3S. The molecule has 1 aromatic carbocycles. The van der Waals surface area contributed by atoms with Gasteiger partial charge in [-0.1, -0.05) is 13.3 Å². The van der Waals surface area contributed by atoms with Gasteiger partial charge in [0.05, 0.1) is 17.3 Å². The number of nitrogens with zero attached hydrogens (tertiary/aromatic N) is 4. The highest BCUT2D eigenvalue weighted by molar-refractivity contribution is 7.15. The number of rotatable bonds is 6. The fourth-order valence-corrected chi connectivity index (χ4v) is 5.42. The van der Waals surface area contributed by atoms with E-state index in [1.54, 1.807) is 30.2 Å². The van der Waals surface area contributed by atoms with E-state index < -0.39 is 23.9 Å². The van der Waals surface area contributed by atoms with E-state index in [2.05, 4.69) is 27.2 Å². The van der Waals surface area contributed by atoms with Gasteiger partial charge in [-0.25, -0.2) is 15.0 Å². The number of thiazole rings is 1. The number of hydrogen-bond acceptors (Lipinski definition) is 7. The van der Waals surface area contributed by atoms with Crippen molar-refractivity contribution in [1.29, 1.82) is 0 Å². The predicted octanol–water partition coefficient (Wildman–Crippen LogP) is 5.33. The van der Waals surface area contributed by atoms with Gasteiger partial charge in [-0.2, -0.15) is 13.2 Å². The molecule has 0 saturated heterocycles. The van der Waals surface area contributed by atoms with E-state index in [9.17, 15) is 22.8 Å². The third kappa shape index (κ3) is 5.09. The SMILES string of the molecule is Cc1cnc(-c2cc(C(=O)NC(C)c3cnc(C(F)(F)F)nc3)cc3c2OCC(=O)N3CC2(C)CCC2)s1. The van der Waals surface area contributed by atoms with Crippen molar-refractivity contribution in [1.82, 2.24) is 20.3 Å². The highest BCUT2D eigenvalue weighted by atomic mass is 32.1. The number of ether oxygens (including phenoxy) is 1. The Morgan fingerprint density at radius 2 is 1.92 bits per heavy atom. The van der Waals surface area contributed by atoms with Crippen LogP contribution in [-0.2, 0) is 11.0 Å². The van der Waals surface area contributed by atoms with E-state index in [0.717, 1.165) is 36.5 Å². The Kier molecular flexibility index (Phi) is 6.62. The first-order chi connectivity index (χ1) is 17.9. The van der Waals surface area contributed by atoms with Crippen molar-refractivity contribution in [3.05, 3.63) is 52.6 Å². The van der Waals surface area contributed by atoms with Crippen molar-refractivity contribution in [2.24, 2.45) is 5.41 Å². The molecule has 12 heteroatoms. The van der Waals surface area contributed by atoms with Crippen LogP contribution < -0.4 is 15.0 Å². The number of amides is 2. The first kappa shape index (κ1) is 26.1. The summed E-state index contributed by atoms with van der Waals surface area (Å²) in [4.78, 5) is 40.2. The van der Waals surface area contributed by atoms with E-state index in [4.69, 9.17) is 4.74 Å². The van der Waals surface area contributed by atoms with Crippen LogP contribution in [0.15, 0.2) is 30.7 Å². The number of carbonyl (C=O) groups excluding carboxylic acids is 2. The maximum Gasteiger partial charge on any atom is 0.451 e. The lowest BCUT2D eigenvalue weighted by Crippen LogP contribution is -2.47. The molecule has 3 aromatic rings. The van der Waals surface area contributed by atoms with Gasteiger partial charge in [0.15, 0.2) is 12.4 Å². The van der Waals surface area contributed by atoms with Crippen LogP contribution >= 0.6 is 11.3 Å². The molecular weight excluding hydrogens is 519 g/mol. The monoisotopic (exact) mass is 545 g/mol. The lowest BCUT2D eigenvalue weighted by atomic mass is 9.70. The summed E-state index contributed by atoms with van der Waals surface area (Å²) in [6.07, 6.45) is 2.31. The highest BCUT2D eigenvalue weighted by Crippen LogP contribution is 2.47. The van der Waals surface area contributed by atoms with Crippen LogP contribution in [0.5, 0.6) is 5.75 Å². The molecule has 2 aromatic heterocycles. The quantitative estimate of drug-likeness (QED) is 0.450. The van der Waals surface area contributed by atoms with Gasteiger partial charge in [0, 0.05) is 41.1 Å². The number of nitrogens with one attached hydrogen (secondary N) is 1. The minimum atomic E-state index is -4.65. The van der Waals surface area contributed by atoms with Crippen LogP contribution in [0.2, 0.25) is 0 Å². The van der Waals surface area contributed by atoms with Crippen molar-refractivity contribution in [3.8, 4) is 16.3 Å². The largest absolute Gasteiger partial charge is 0.481 e. The van der Waals surface area contributed by atoms with Crippen molar-refractivity contribution in [2.45, 2.75) is 52.3 Å². The Balaban J connectivity index is 1.49. The van der Waals surface area contributed by atoms with Crippen molar-refractivity contribution < 1.29 is 27.5 Å². The maximum atomic E-state index is 13.4. The molecule has 0 radical (unpaired) electrons. The van der Waals surface area contributed by atoms with Crippen LogP contribution in [0.4, 0.5) is 18.9 Å². The molecule has 0 bridgehead atoms. The number of aromatic nitrogens is 3. The van der Waals surface area contributed by atoms with Gasteiger partial charge in [0.25, 0.3) is 11.8 Å². The lowest BCUT2D eigenvalue weighted by molar-refractivity contribution is -0.145. The van der Waals surface area contributed by atoms with Gasteiger partial charge in [-0.05, 0) is 44.2 Å². The number of halogens is 3. The molecule has 1 saturated carbocycles. The molecule has 1 unspecified atom stereocenters. The second kappa shape index (κ2) is 9.64. The normalized spacial score (nSPS) is 17.3. The second-order valence-corrected chi connectivity index (χ2v) is 11.3. The molecule has 1 aliphatic heterocycles. The zero-order valence-corrected chi connectivity index (χ0v) is 21.9. The number of benzene rings is 1. The van der Waals surface area contributed by atoms with Crippen LogP contribution in [0.25, 0.3) is 10.6 Å². The van der Waals surface area contributed by atoms with Crippen LogP contribution in [0, 0.1) is 12.3 Å². The summed E-state index contributed by atoms with van der Waals surface area (Å²) in [6, 6.07) is 2.62. The average molecular weight is 546 g/mol. The van der Waals surface area contributed by atoms with E-state index >= 15 is 0 Å². The number of aryl methyl sites for hydroxylation is 1. The molecule has 8 nitrogen and oxygen atoms in total. The van der Waals surface area contributed by atoms with Crippen molar-refractivity contribution in [2.75, 3.05) is 18.1 Å². The van der Waals surface area contributed by atoms with E-state index in [-0.39, 0.29) is 23.5 Å². The highest BCUT2D eigenvalue weighted by Gasteiger charge is 2.39. The average Bonchev–Trinajstić information content (AvgIpc) is 3.29. The Morgan fingerprint density at radius 3 is 2.50 bits per heavy atom. The Morgan fingerprint density at radius 1 is 1.21 bits per heavy atom. The molecule has 1 N–H and O–H groups in total. The molecule has 200 valence electrons. The Bertz CT molecular complexity index is 1390. The summed E-state index contributed by atoms with van der Waals surface area (Å²) >= 11 is 1.44. The van der Waals surface area contributed by atoms with Crippen LogP contribution in [-0.4, -0.2) is 39.9 Å². The smallest absolute Gasteiger partial charge is 0.451 e. The standard InChI is InChI=1S/C26H26F3N5O3S/c1-14-9-30-23(38-14)18-7-16(22(36)33-15(2)17-10-31-24(32-11-17)26(27,28)29)8-19-21(18)37-12-20(35)34(19)13-25(3)5-4-6-25/h7-11,15H,4-6,12-13H2,1-3H3,(H,33,36). The van der Waals surface area contributed by atoms with Gasteiger partial charge in [0.1, 0.15) is 5.01 Å². The lowest BCUT2D eigenvalue weighted by Gasteiger charge is -2.43. The predicted molar refractivity (Wildman–Crippen MR) is 135 cm³/mol. The van der Waals surface area contributed by atoms with Crippen molar-refractivity contribution in [3.63, 3.8) is 0 Å². The van der Waals surface area contributed by atoms with Crippen LogP contribution in [0.3, 0.4) is 0 Å². The first-order valence-corrected chi connectivity index (χ1v) is 13.0. The molecule has 5 rings (SSSR count). The maximum absolute atomic E-state index is 13.4. The van der Waals surface area contributed by atoms with E-state index in [1.165, 1.54) is 11.3 Å². The third-order valence-corrected chi connectivity index (χ3v) is 7.93. The number of hydrogen-bond donors (Lipinski definition) is 1. The van der Waals surface area contributed by atoms with Gasteiger partial charge in [-0.3, -0.25) is 9.59 Å². The molecule has 2 aliphatic rings. The number of fused-ring (bicyclic) bond motifs is 1. The zero-order valence-electron chi connectivity index (χ0n) is 21.1. The second-order valence-electron chi connectivity index (χ2n) is 10.1. The van der Waals surface area contributed by atoms with Gasteiger partial charge in [-0.15, -0.1) is 11.3 Å². The van der Waals surface area contributed by atoms with Crippen molar-refractivity contribution >= 4 is 28.8 Å². The fourth-order valence-electron chi connectivity index (χ4n) is 4.65. The Labute approximate surface area is 221 Å². The molecule has 1 aliphatic carbocycles. The van der Waals surface area contributed by atoms with Gasteiger partial charge >= 0.3 is 6.18 Å². The summed E-state index contributed by atoms with van der Waals surface area (Å²) in [7, 11) is 0. The first-order valence-electron chi connectivity index (χ1n) is 12.2. The van der Waals surface area contributed by atoms with Gasteiger partial charge in [0.2, 0.25) is 5.82 Å². The molecule has 1 atom stereocenters. The topological polar surface area (TPSA) is 97.3 Å². The molecule has 0 spiro atoms. The number of alkyl halides is 3. The fraction of sp³-hybridized carbons (Fsp3) is 0.423. The summed E-state index contributed by atoms with van der Waals surface area (Å²) < 4.78 is 44.3.